The summed E-state index contributed by atoms with van der Waals surface area (Å²) in [6.45, 7) is 3.05. The predicted molar refractivity (Wildman–Crippen MR) is 73.0 cm³/mol. The van der Waals surface area contributed by atoms with Gasteiger partial charge in [-0.25, -0.2) is 0 Å². The van der Waals surface area contributed by atoms with Crippen molar-refractivity contribution in [2.24, 2.45) is 5.92 Å². The summed E-state index contributed by atoms with van der Waals surface area (Å²) in [7, 11) is 0. The van der Waals surface area contributed by atoms with Crippen LogP contribution in [0.4, 0.5) is 5.69 Å². The van der Waals surface area contributed by atoms with Gasteiger partial charge in [0.15, 0.2) is 0 Å². The smallest absolute Gasteiger partial charge is 0.241 e. The van der Waals surface area contributed by atoms with E-state index in [2.05, 4.69) is 33.5 Å². The van der Waals surface area contributed by atoms with Crippen LogP contribution in [0.2, 0.25) is 0 Å². The topological polar surface area (TPSA) is 41.1 Å². The lowest BCUT2D eigenvalue weighted by atomic mass is 9.92. The van der Waals surface area contributed by atoms with Gasteiger partial charge in [-0.15, -0.1) is 0 Å². The molecule has 0 radical (unpaired) electrons. The van der Waals surface area contributed by atoms with Crippen molar-refractivity contribution >= 4 is 27.5 Å². The van der Waals surface area contributed by atoms with E-state index in [1.54, 1.807) is 0 Å². The molecular weight excluding hydrogens is 280 g/mol. The molecule has 1 amide bonds. The van der Waals surface area contributed by atoms with E-state index in [4.69, 9.17) is 0 Å². The molecular formula is C13H17BrN2O. The van der Waals surface area contributed by atoms with Gasteiger partial charge in [-0.05, 0) is 53.4 Å². The minimum atomic E-state index is -0.0733. The van der Waals surface area contributed by atoms with E-state index in [9.17, 15) is 4.79 Å². The van der Waals surface area contributed by atoms with Crippen molar-refractivity contribution in [3.05, 3.63) is 28.7 Å². The fourth-order valence-corrected chi connectivity index (χ4v) is 2.56. The van der Waals surface area contributed by atoms with Crippen LogP contribution in [-0.4, -0.2) is 18.5 Å². The summed E-state index contributed by atoms with van der Waals surface area (Å²) in [4.78, 5) is 12.1. The van der Waals surface area contributed by atoms with Crippen LogP contribution in [0.25, 0.3) is 0 Å². The zero-order valence-electron chi connectivity index (χ0n) is 9.87. The van der Waals surface area contributed by atoms with E-state index in [-0.39, 0.29) is 11.9 Å². The highest BCUT2D eigenvalue weighted by atomic mass is 79.9. The van der Waals surface area contributed by atoms with Crippen molar-refractivity contribution in [1.82, 2.24) is 5.32 Å². The van der Waals surface area contributed by atoms with Crippen LogP contribution in [0, 0.1) is 5.92 Å². The quantitative estimate of drug-likeness (QED) is 0.881. The summed E-state index contributed by atoms with van der Waals surface area (Å²) in [6.07, 6.45) is 2.26. The van der Waals surface area contributed by atoms with E-state index in [0.717, 1.165) is 29.5 Å². The highest BCUT2D eigenvalue weighted by Crippen LogP contribution is 2.23. The second-order valence-electron chi connectivity index (χ2n) is 4.52. The normalized spacial score (nSPS) is 24.4. The van der Waals surface area contributed by atoms with E-state index in [0.29, 0.717) is 5.92 Å². The molecule has 0 bridgehead atoms. The van der Waals surface area contributed by atoms with Gasteiger partial charge in [0, 0.05) is 4.47 Å². The molecule has 2 atom stereocenters. The zero-order chi connectivity index (χ0) is 12.3. The second kappa shape index (κ2) is 5.65. The second-order valence-corrected chi connectivity index (χ2v) is 5.37. The Bertz CT molecular complexity index is 408. The van der Waals surface area contributed by atoms with Crippen molar-refractivity contribution in [2.75, 3.05) is 11.9 Å². The Labute approximate surface area is 110 Å². The Morgan fingerprint density at radius 3 is 2.94 bits per heavy atom. The number of carbonyl (C=O) groups is 1. The first-order valence-corrected chi connectivity index (χ1v) is 6.76. The molecule has 0 saturated carbocycles. The Balaban J connectivity index is 2.03. The van der Waals surface area contributed by atoms with Gasteiger partial charge in [-0.3, -0.25) is 4.79 Å². The van der Waals surface area contributed by atoms with Crippen LogP contribution < -0.4 is 10.6 Å². The number of para-hydroxylation sites is 1. The molecule has 1 fully saturated rings. The van der Waals surface area contributed by atoms with Gasteiger partial charge in [0.2, 0.25) is 5.91 Å². The number of hydrogen-bond donors (Lipinski definition) is 2. The van der Waals surface area contributed by atoms with Gasteiger partial charge in [0.1, 0.15) is 0 Å². The molecule has 1 aliphatic rings. The zero-order valence-corrected chi connectivity index (χ0v) is 11.5. The summed E-state index contributed by atoms with van der Waals surface area (Å²) in [5, 5.41) is 6.24. The van der Waals surface area contributed by atoms with Gasteiger partial charge in [-0.1, -0.05) is 19.1 Å². The maximum absolute atomic E-state index is 12.1. The third-order valence-corrected chi connectivity index (χ3v) is 3.88. The van der Waals surface area contributed by atoms with Gasteiger partial charge in [-0.2, -0.15) is 0 Å². The van der Waals surface area contributed by atoms with Crippen LogP contribution in [0.1, 0.15) is 19.8 Å². The molecule has 1 aliphatic heterocycles. The van der Waals surface area contributed by atoms with E-state index < -0.39 is 0 Å². The van der Waals surface area contributed by atoms with Crippen molar-refractivity contribution < 1.29 is 4.79 Å². The van der Waals surface area contributed by atoms with E-state index in [1.807, 2.05) is 24.3 Å². The largest absolute Gasteiger partial charge is 0.324 e. The molecule has 0 aromatic heterocycles. The number of carbonyl (C=O) groups excluding carboxylic acids is 1. The van der Waals surface area contributed by atoms with Crippen molar-refractivity contribution in [2.45, 2.75) is 25.8 Å². The summed E-state index contributed by atoms with van der Waals surface area (Å²) in [5.41, 5.74) is 0.831. The van der Waals surface area contributed by atoms with Gasteiger partial charge < -0.3 is 10.6 Å². The first kappa shape index (κ1) is 12.6. The van der Waals surface area contributed by atoms with E-state index in [1.165, 1.54) is 0 Å². The SMILES string of the molecule is CC1CCCNC1C(=O)Nc1ccccc1Br. The Kier molecular flexibility index (Phi) is 4.18. The highest BCUT2D eigenvalue weighted by Gasteiger charge is 2.27. The van der Waals surface area contributed by atoms with Crippen LogP contribution in [0.3, 0.4) is 0 Å². The fourth-order valence-electron chi connectivity index (χ4n) is 2.17. The Hall–Kier alpha value is -0.870. The van der Waals surface area contributed by atoms with Crippen LogP contribution >= 0.6 is 15.9 Å². The van der Waals surface area contributed by atoms with Crippen molar-refractivity contribution in [3.63, 3.8) is 0 Å². The standard InChI is InChI=1S/C13H17BrN2O/c1-9-5-4-8-15-12(9)13(17)16-11-7-3-2-6-10(11)14/h2-3,6-7,9,12,15H,4-5,8H2,1H3,(H,16,17). The number of anilines is 1. The number of benzene rings is 1. The van der Waals surface area contributed by atoms with Gasteiger partial charge in [0.05, 0.1) is 11.7 Å². The molecule has 0 spiro atoms. The summed E-state index contributed by atoms with van der Waals surface area (Å²) < 4.78 is 0.914. The van der Waals surface area contributed by atoms with Gasteiger partial charge >= 0.3 is 0 Å². The summed E-state index contributed by atoms with van der Waals surface area (Å²) in [5.74, 6) is 0.454. The van der Waals surface area contributed by atoms with Crippen LogP contribution in [0.5, 0.6) is 0 Å². The molecule has 0 aliphatic carbocycles. The minimum Gasteiger partial charge on any atom is -0.324 e. The molecule has 3 nitrogen and oxygen atoms in total. The lowest BCUT2D eigenvalue weighted by molar-refractivity contribution is -0.119. The average molecular weight is 297 g/mol. The molecule has 1 heterocycles. The number of amides is 1. The monoisotopic (exact) mass is 296 g/mol. The molecule has 4 heteroatoms. The van der Waals surface area contributed by atoms with Crippen molar-refractivity contribution in [1.29, 1.82) is 0 Å². The molecule has 2 N–H and O–H groups in total. The van der Waals surface area contributed by atoms with E-state index >= 15 is 0 Å². The molecule has 2 unspecified atom stereocenters. The van der Waals surface area contributed by atoms with Crippen LogP contribution in [0.15, 0.2) is 28.7 Å². The molecule has 1 aromatic carbocycles. The summed E-state index contributed by atoms with van der Waals surface area (Å²) in [6, 6.07) is 7.60. The lowest BCUT2D eigenvalue weighted by Gasteiger charge is -2.29. The number of piperidine rings is 1. The maximum Gasteiger partial charge on any atom is 0.241 e. The van der Waals surface area contributed by atoms with Crippen molar-refractivity contribution in [3.8, 4) is 0 Å². The minimum absolute atomic E-state index is 0.0594. The number of rotatable bonds is 2. The highest BCUT2D eigenvalue weighted by molar-refractivity contribution is 9.10. The first-order valence-electron chi connectivity index (χ1n) is 5.97. The Morgan fingerprint density at radius 2 is 2.24 bits per heavy atom. The van der Waals surface area contributed by atoms with Crippen LogP contribution in [-0.2, 0) is 4.79 Å². The number of hydrogen-bond acceptors (Lipinski definition) is 2. The molecule has 17 heavy (non-hydrogen) atoms. The third kappa shape index (κ3) is 3.07. The predicted octanol–water partition coefficient (Wildman–Crippen LogP) is 2.78. The Morgan fingerprint density at radius 1 is 1.47 bits per heavy atom. The summed E-state index contributed by atoms with van der Waals surface area (Å²) >= 11 is 3.43. The van der Waals surface area contributed by atoms with Gasteiger partial charge in [0.25, 0.3) is 0 Å². The fraction of sp³-hybridized carbons (Fsp3) is 0.462. The maximum atomic E-state index is 12.1. The number of nitrogens with one attached hydrogen (secondary N) is 2. The lowest BCUT2D eigenvalue weighted by Crippen LogP contribution is -2.48. The molecule has 92 valence electrons. The first-order chi connectivity index (χ1) is 8.18. The number of halogens is 1. The third-order valence-electron chi connectivity index (χ3n) is 3.18. The molecule has 2 rings (SSSR count). The molecule has 1 saturated heterocycles. The molecule has 1 aromatic rings. The average Bonchev–Trinajstić information content (AvgIpc) is 2.32.